The van der Waals surface area contributed by atoms with Crippen molar-refractivity contribution in [1.82, 2.24) is 5.32 Å². The number of carbonyl (C=O) groups is 1. The third-order valence-corrected chi connectivity index (χ3v) is 3.68. The van der Waals surface area contributed by atoms with Gasteiger partial charge in [-0.2, -0.15) is 5.26 Å². The van der Waals surface area contributed by atoms with Crippen molar-refractivity contribution in [3.63, 3.8) is 0 Å². The maximum atomic E-state index is 11.6. The largest absolute Gasteiger partial charge is 0.459 e. The highest BCUT2D eigenvalue weighted by molar-refractivity contribution is 5.92. The van der Waals surface area contributed by atoms with Gasteiger partial charge in [-0.05, 0) is 13.3 Å². The summed E-state index contributed by atoms with van der Waals surface area (Å²) < 4.78 is 10.0. The molecule has 0 aromatic rings. The summed E-state index contributed by atoms with van der Waals surface area (Å²) in [7, 11) is 0. The average molecular weight is 338 g/mol. The fourth-order valence-electron chi connectivity index (χ4n) is 2.26. The number of carbonyl (C=O) groups excluding carboxylic acids is 1. The van der Waals surface area contributed by atoms with Crippen LogP contribution in [0.2, 0.25) is 0 Å². The molecule has 5 heteroatoms. The van der Waals surface area contributed by atoms with Gasteiger partial charge in [-0.25, -0.2) is 4.79 Å². The molecule has 0 aliphatic carbocycles. The minimum absolute atomic E-state index is 0.00224. The number of rotatable bonds is 16. The average Bonchev–Trinajstić information content (AvgIpc) is 2.59. The van der Waals surface area contributed by atoms with Crippen LogP contribution in [0, 0.1) is 11.3 Å². The summed E-state index contributed by atoms with van der Waals surface area (Å²) >= 11 is 0. The summed E-state index contributed by atoms with van der Waals surface area (Å²) in [4.78, 5) is 11.6. The van der Waals surface area contributed by atoms with E-state index >= 15 is 0 Å². The number of ether oxygens (including phenoxy) is 2. The number of nitriles is 1. The van der Waals surface area contributed by atoms with Crippen LogP contribution >= 0.6 is 0 Å². The minimum Gasteiger partial charge on any atom is -0.459 e. The Labute approximate surface area is 147 Å². The van der Waals surface area contributed by atoms with Gasteiger partial charge in [0.05, 0.1) is 6.61 Å². The van der Waals surface area contributed by atoms with E-state index in [0.29, 0.717) is 13.2 Å². The lowest BCUT2D eigenvalue weighted by Crippen LogP contribution is -2.15. The van der Waals surface area contributed by atoms with E-state index in [1.807, 2.05) is 13.0 Å². The van der Waals surface area contributed by atoms with E-state index < -0.39 is 5.97 Å². The van der Waals surface area contributed by atoms with Gasteiger partial charge in [0.1, 0.15) is 12.7 Å². The molecule has 0 amide bonds. The zero-order valence-corrected chi connectivity index (χ0v) is 15.4. The van der Waals surface area contributed by atoms with Crippen LogP contribution < -0.4 is 5.32 Å². The molecular formula is C19H34N2O3. The van der Waals surface area contributed by atoms with E-state index in [-0.39, 0.29) is 12.2 Å². The molecule has 0 saturated heterocycles. The molecule has 138 valence electrons. The van der Waals surface area contributed by atoms with Crippen molar-refractivity contribution in [2.75, 3.05) is 26.4 Å². The third kappa shape index (κ3) is 14.1. The fourth-order valence-corrected chi connectivity index (χ4v) is 2.26. The van der Waals surface area contributed by atoms with Crippen molar-refractivity contribution < 1.29 is 14.3 Å². The molecule has 0 aromatic heterocycles. The quantitative estimate of drug-likeness (QED) is 0.199. The number of unbranched alkanes of at least 4 members (excludes halogenated alkanes) is 8. The molecule has 0 aliphatic rings. The molecule has 0 bridgehead atoms. The van der Waals surface area contributed by atoms with E-state index in [0.717, 1.165) is 13.0 Å². The van der Waals surface area contributed by atoms with Gasteiger partial charge < -0.3 is 14.8 Å². The van der Waals surface area contributed by atoms with Gasteiger partial charge in [0, 0.05) is 19.4 Å². The zero-order chi connectivity index (χ0) is 17.9. The summed E-state index contributed by atoms with van der Waals surface area (Å²) in [5, 5.41) is 12.0. The van der Waals surface area contributed by atoms with Crippen LogP contribution in [-0.2, 0) is 14.3 Å². The van der Waals surface area contributed by atoms with Gasteiger partial charge in [-0.1, -0.05) is 58.3 Å². The van der Waals surface area contributed by atoms with E-state index in [2.05, 4.69) is 12.2 Å². The number of nitrogens with zero attached hydrogens (tertiary/aromatic N) is 1. The number of hydrogen-bond donors (Lipinski definition) is 1. The first-order valence-electron chi connectivity index (χ1n) is 9.34. The molecule has 1 N–H and O–H groups in total. The first-order valence-corrected chi connectivity index (χ1v) is 9.34. The van der Waals surface area contributed by atoms with E-state index in [4.69, 9.17) is 14.7 Å². The van der Waals surface area contributed by atoms with Crippen molar-refractivity contribution >= 4 is 5.97 Å². The molecule has 0 spiro atoms. The van der Waals surface area contributed by atoms with Crippen LogP contribution in [0.25, 0.3) is 0 Å². The first kappa shape index (κ1) is 22.5. The van der Waals surface area contributed by atoms with Gasteiger partial charge in [0.15, 0.2) is 5.57 Å². The third-order valence-electron chi connectivity index (χ3n) is 3.68. The smallest absolute Gasteiger partial charge is 0.350 e. The van der Waals surface area contributed by atoms with Crippen LogP contribution in [0.5, 0.6) is 0 Å². The first-order chi connectivity index (χ1) is 11.8. The predicted octanol–water partition coefficient (Wildman–Crippen LogP) is 4.09. The predicted molar refractivity (Wildman–Crippen MR) is 96.4 cm³/mol. The second-order valence-electron chi connectivity index (χ2n) is 5.79. The minimum atomic E-state index is -0.600. The van der Waals surface area contributed by atoms with Crippen LogP contribution in [0.3, 0.4) is 0 Å². The molecule has 0 saturated carbocycles. The number of hydrogen-bond acceptors (Lipinski definition) is 5. The lowest BCUT2D eigenvalue weighted by Gasteiger charge is -2.05. The Bertz CT molecular complexity index is 375. The Balaban J connectivity index is 3.61. The maximum Gasteiger partial charge on any atom is 0.350 e. The van der Waals surface area contributed by atoms with Crippen LogP contribution in [-0.4, -0.2) is 32.3 Å². The summed E-state index contributed by atoms with van der Waals surface area (Å²) in [6, 6.07) is 1.86. The molecule has 0 aromatic carbocycles. The summed E-state index contributed by atoms with van der Waals surface area (Å²) in [6.07, 6.45) is 12.9. The van der Waals surface area contributed by atoms with Crippen LogP contribution in [0.4, 0.5) is 0 Å². The van der Waals surface area contributed by atoms with Crippen LogP contribution in [0.1, 0.15) is 71.6 Å². The molecule has 0 unspecified atom stereocenters. The zero-order valence-electron chi connectivity index (χ0n) is 15.4. The topological polar surface area (TPSA) is 71.4 Å². The highest BCUT2D eigenvalue weighted by Crippen LogP contribution is 2.09. The molecule has 24 heavy (non-hydrogen) atoms. The standard InChI is InChI=1S/C19H34N2O3/c1-3-5-6-7-8-9-10-11-12-13-21-17-18(16-20)19(22)24-15-14-23-4-2/h17,21H,3-15H2,1-2H3. The Morgan fingerprint density at radius 2 is 1.62 bits per heavy atom. The molecule has 0 radical (unpaired) electrons. The van der Waals surface area contributed by atoms with Crippen molar-refractivity contribution in [3.8, 4) is 6.07 Å². The van der Waals surface area contributed by atoms with Gasteiger partial charge in [0.25, 0.3) is 0 Å². The highest BCUT2D eigenvalue weighted by atomic mass is 16.6. The summed E-state index contributed by atoms with van der Waals surface area (Å²) in [5.41, 5.74) is 0.00224. The summed E-state index contributed by atoms with van der Waals surface area (Å²) in [5.74, 6) is -0.600. The molecule has 5 nitrogen and oxygen atoms in total. The molecule has 0 rings (SSSR count). The maximum absolute atomic E-state index is 11.6. The Morgan fingerprint density at radius 1 is 1.00 bits per heavy atom. The monoisotopic (exact) mass is 338 g/mol. The molecule has 0 atom stereocenters. The van der Waals surface area contributed by atoms with Crippen LogP contribution in [0.15, 0.2) is 11.8 Å². The molecule has 0 fully saturated rings. The molecular weight excluding hydrogens is 304 g/mol. The fraction of sp³-hybridized carbons (Fsp3) is 0.789. The molecule has 0 heterocycles. The van der Waals surface area contributed by atoms with Crippen molar-refractivity contribution in [2.24, 2.45) is 0 Å². The van der Waals surface area contributed by atoms with E-state index in [1.165, 1.54) is 57.6 Å². The Morgan fingerprint density at radius 3 is 2.21 bits per heavy atom. The van der Waals surface area contributed by atoms with E-state index in [9.17, 15) is 4.79 Å². The second-order valence-corrected chi connectivity index (χ2v) is 5.79. The second kappa shape index (κ2) is 17.8. The summed E-state index contributed by atoms with van der Waals surface area (Å²) in [6.45, 7) is 5.99. The van der Waals surface area contributed by atoms with Crippen molar-refractivity contribution in [1.29, 1.82) is 5.26 Å². The van der Waals surface area contributed by atoms with Crippen molar-refractivity contribution in [3.05, 3.63) is 11.8 Å². The van der Waals surface area contributed by atoms with Gasteiger partial charge in [-0.15, -0.1) is 0 Å². The lowest BCUT2D eigenvalue weighted by atomic mass is 10.1. The lowest BCUT2D eigenvalue weighted by molar-refractivity contribution is -0.140. The van der Waals surface area contributed by atoms with Crippen molar-refractivity contribution in [2.45, 2.75) is 71.6 Å². The normalized spacial score (nSPS) is 11.1. The van der Waals surface area contributed by atoms with E-state index in [1.54, 1.807) is 0 Å². The van der Waals surface area contributed by atoms with Gasteiger partial charge >= 0.3 is 5.97 Å². The SMILES string of the molecule is CCCCCCCCCCCNC=C(C#N)C(=O)OCCOCC. The molecule has 0 aliphatic heterocycles. The number of nitrogens with one attached hydrogen (secondary N) is 1. The Hall–Kier alpha value is -1.54. The highest BCUT2D eigenvalue weighted by Gasteiger charge is 2.09. The van der Waals surface area contributed by atoms with Gasteiger partial charge in [0.2, 0.25) is 0 Å². The number of esters is 1. The Kier molecular flexibility index (Phi) is 16.7. The van der Waals surface area contributed by atoms with Gasteiger partial charge in [-0.3, -0.25) is 0 Å².